The minimum Gasteiger partial charge on any atom is -0.493 e. The summed E-state index contributed by atoms with van der Waals surface area (Å²) in [4.78, 5) is 39.4. The van der Waals surface area contributed by atoms with E-state index >= 15 is 0 Å². The van der Waals surface area contributed by atoms with Crippen LogP contribution < -0.4 is 20.3 Å². The molecule has 0 bridgehead atoms. The number of hydrogen-bond acceptors (Lipinski definition) is 5. The first kappa shape index (κ1) is 23.0. The predicted octanol–water partition coefficient (Wildman–Crippen LogP) is 2.67. The summed E-state index contributed by atoms with van der Waals surface area (Å²) in [7, 11) is 3.05. The molecule has 30 heavy (non-hydrogen) atoms. The Morgan fingerprint density at radius 2 is 1.73 bits per heavy atom. The van der Waals surface area contributed by atoms with Gasteiger partial charge in [0, 0.05) is 26.3 Å². The van der Waals surface area contributed by atoms with Gasteiger partial charge in [0.15, 0.2) is 18.1 Å². The average Bonchev–Trinajstić information content (AvgIpc) is 2.74. The number of carbonyl (C=O) groups is 2. The van der Waals surface area contributed by atoms with Gasteiger partial charge >= 0.3 is 0 Å². The van der Waals surface area contributed by atoms with Crippen LogP contribution in [0.5, 0.6) is 11.5 Å². The summed E-state index contributed by atoms with van der Waals surface area (Å²) in [6, 6.07) is 8.37. The lowest BCUT2D eigenvalue weighted by atomic mass is 10.2. The summed E-state index contributed by atoms with van der Waals surface area (Å²) in [5, 5.41) is 2.55. The number of methoxy groups -OCH3 is 1. The second kappa shape index (κ2) is 11.0. The van der Waals surface area contributed by atoms with Crippen molar-refractivity contribution in [2.45, 2.75) is 26.7 Å². The minimum atomic E-state index is -0.512. The lowest BCUT2D eigenvalue weighted by Crippen LogP contribution is -2.34. The van der Waals surface area contributed by atoms with Crippen molar-refractivity contribution in [1.82, 2.24) is 9.47 Å². The van der Waals surface area contributed by atoms with Crippen LogP contribution in [0, 0.1) is 0 Å². The van der Waals surface area contributed by atoms with Crippen molar-refractivity contribution in [3.63, 3.8) is 0 Å². The van der Waals surface area contributed by atoms with Crippen LogP contribution in [0.4, 0.5) is 5.69 Å². The Balaban J connectivity index is 2.16. The molecule has 0 aliphatic rings. The summed E-state index contributed by atoms with van der Waals surface area (Å²) >= 11 is 0. The van der Waals surface area contributed by atoms with E-state index in [9.17, 15) is 14.4 Å². The van der Waals surface area contributed by atoms with E-state index in [1.54, 1.807) is 36.2 Å². The van der Waals surface area contributed by atoms with E-state index in [2.05, 4.69) is 5.32 Å². The Labute approximate surface area is 176 Å². The highest BCUT2D eigenvalue weighted by molar-refractivity contribution is 5.97. The second-order valence-corrected chi connectivity index (χ2v) is 6.84. The van der Waals surface area contributed by atoms with Crippen LogP contribution in [0.2, 0.25) is 0 Å². The van der Waals surface area contributed by atoms with Crippen molar-refractivity contribution < 1.29 is 19.1 Å². The summed E-state index contributed by atoms with van der Waals surface area (Å²) in [6.45, 7) is 4.96. The number of para-hydroxylation sites is 2. The lowest BCUT2D eigenvalue weighted by Gasteiger charge is -2.22. The first-order valence-corrected chi connectivity index (χ1v) is 9.96. The van der Waals surface area contributed by atoms with Crippen LogP contribution in [0.25, 0.3) is 0 Å². The zero-order valence-corrected chi connectivity index (χ0v) is 17.9. The normalized spacial score (nSPS) is 10.4. The van der Waals surface area contributed by atoms with E-state index < -0.39 is 11.5 Å². The van der Waals surface area contributed by atoms with E-state index in [0.717, 1.165) is 12.8 Å². The van der Waals surface area contributed by atoms with Gasteiger partial charge in [-0.15, -0.1) is 0 Å². The molecule has 0 unspecified atom stereocenters. The Bertz CT molecular complexity index is 933. The van der Waals surface area contributed by atoms with Gasteiger partial charge in [0.2, 0.25) is 0 Å². The number of hydrogen-bond donors (Lipinski definition) is 1. The maximum Gasteiger partial charge on any atom is 0.274 e. The molecule has 0 fully saturated rings. The molecule has 0 aliphatic carbocycles. The van der Waals surface area contributed by atoms with Gasteiger partial charge in [0.05, 0.1) is 12.7 Å². The topological polar surface area (TPSA) is 89.9 Å². The van der Waals surface area contributed by atoms with Gasteiger partial charge in [-0.05, 0) is 31.0 Å². The number of pyridine rings is 1. The molecule has 0 radical (unpaired) electrons. The molecule has 8 heteroatoms. The highest BCUT2D eigenvalue weighted by atomic mass is 16.5. The lowest BCUT2D eigenvalue weighted by molar-refractivity contribution is -0.118. The van der Waals surface area contributed by atoms with Crippen molar-refractivity contribution >= 4 is 17.5 Å². The van der Waals surface area contributed by atoms with Crippen molar-refractivity contribution in [2.24, 2.45) is 7.05 Å². The molecule has 0 saturated heterocycles. The Kier molecular flexibility index (Phi) is 8.46. The number of aryl methyl sites for hydroxylation is 1. The van der Waals surface area contributed by atoms with Gasteiger partial charge in [-0.1, -0.05) is 26.0 Å². The smallest absolute Gasteiger partial charge is 0.274 e. The fourth-order valence-corrected chi connectivity index (χ4v) is 3.02. The number of ether oxygens (including phenoxy) is 2. The maximum atomic E-state index is 12.9. The number of benzene rings is 1. The zero-order valence-electron chi connectivity index (χ0n) is 17.9. The van der Waals surface area contributed by atoms with E-state index in [1.807, 2.05) is 13.8 Å². The summed E-state index contributed by atoms with van der Waals surface area (Å²) in [5.74, 6) is 0.235. The molecule has 1 aromatic carbocycles. The van der Waals surface area contributed by atoms with Crippen LogP contribution in [-0.2, 0) is 11.8 Å². The number of rotatable bonds is 10. The first-order chi connectivity index (χ1) is 14.4. The molecule has 0 saturated carbocycles. The Morgan fingerprint density at radius 3 is 2.33 bits per heavy atom. The fourth-order valence-electron chi connectivity index (χ4n) is 3.02. The van der Waals surface area contributed by atoms with Crippen molar-refractivity contribution in [3.05, 3.63) is 52.4 Å². The second-order valence-electron chi connectivity index (χ2n) is 6.84. The van der Waals surface area contributed by atoms with Gasteiger partial charge in [0.25, 0.3) is 17.4 Å². The molecular formula is C22H29N3O5. The largest absolute Gasteiger partial charge is 0.493 e. The molecule has 2 aromatic rings. The van der Waals surface area contributed by atoms with E-state index in [-0.39, 0.29) is 18.2 Å². The molecule has 1 N–H and O–H groups in total. The Hall–Kier alpha value is -3.29. The molecule has 8 nitrogen and oxygen atoms in total. The fraction of sp³-hybridized carbons (Fsp3) is 0.409. The van der Waals surface area contributed by atoms with Crippen molar-refractivity contribution in [2.75, 3.05) is 32.1 Å². The molecule has 1 aromatic heterocycles. The maximum absolute atomic E-state index is 12.9. The number of nitrogens with one attached hydrogen (secondary N) is 1. The molecular weight excluding hydrogens is 386 g/mol. The molecule has 2 amide bonds. The molecule has 1 heterocycles. The van der Waals surface area contributed by atoms with Crippen LogP contribution in [0.3, 0.4) is 0 Å². The van der Waals surface area contributed by atoms with Gasteiger partial charge in [0.1, 0.15) is 5.69 Å². The number of amides is 2. The van der Waals surface area contributed by atoms with Crippen molar-refractivity contribution in [1.29, 1.82) is 0 Å². The third-order valence-electron chi connectivity index (χ3n) is 4.41. The van der Waals surface area contributed by atoms with Crippen molar-refractivity contribution in [3.8, 4) is 11.5 Å². The number of nitrogens with zero attached hydrogens (tertiary/aromatic N) is 2. The van der Waals surface area contributed by atoms with Crippen LogP contribution in [0.1, 0.15) is 37.0 Å². The average molecular weight is 415 g/mol. The number of anilines is 1. The quantitative estimate of drug-likeness (QED) is 0.644. The highest BCUT2D eigenvalue weighted by Crippen LogP contribution is 2.25. The molecule has 0 atom stereocenters. The SMILES string of the molecule is CCCN(CCC)C(=O)c1cc(NC(=O)COc2ccccc2OC)c(=O)n(C)c1. The zero-order chi connectivity index (χ0) is 22.1. The standard InChI is InChI=1S/C22H29N3O5/c1-5-11-25(12-6-2)21(27)16-13-17(22(28)24(3)14-16)23-20(26)15-30-19-10-8-7-9-18(19)29-4/h7-10,13-14H,5-6,11-12,15H2,1-4H3,(H,23,26). The summed E-state index contributed by atoms with van der Waals surface area (Å²) in [6.07, 6.45) is 3.16. The third kappa shape index (κ3) is 5.85. The van der Waals surface area contributed by atoms with Gasteiger partial charge < -0.3 is 24.3 Å². The minimum absolute atomic E-state index is 0.0323. The highest BCUT2D eigenvalue weighted by Gasteiger charge is 2.18. The monoisotopic (exact) mass is 415 g/mol. The first-order valence-electron chi connectivity index (χ1n) is 9.96. The summed E-state index contributed by atoms with van der Waals surface area (Å²) in [5.41, 5.74) is -0.0282. The van der Waals surface area contributed by atoms with E-state index in [0.29, 0.717) is 30.2 Å². The van der Waals surface area contributed by atoms with Gasteiger partial charge in [-0.3, -0.25) is 14.4 Å². The molecule has 162 valence electrons. The van der Waals surface area contributed by atoms with Crippen LogP contribution in [-0.4, -0.2) is 48.1 Å². The van der Waals surface area contributed by atoms with E-state index in [4.69, 9.17) is 9.47 Å². The van der Waals surface area contributed by atoms with E-state index in [1.165, 1.54) is 23.9 Å². The summed E-state index contributed by atoms with van der Waals surface area (Å²) < 4.78 is 12.0. The number of carbonyl (C=O) groups excluding carboxylic acids is 2. The third-order valence-corrected chi connectivity index (χ3v) is 4.41. The van der Waals surface area contributed by atoms with Crippen LogP contribution in [0.15, 0.2) is 41.3 Å². The Morgan fingerprint density at radius 1 is 1.10 bits per heavy atom. The molecule has 0 spiro atoms. The van der Waals surface area contributed by atoms with Crippen LogP contribution >= 0.6 is 0 Å². The van der Waals surface area contributed by atoms with Gasteiger partial charge in [-0.2, -0.15) is 0 Å². The number of aromatic nitrogens is 1. The molecule has 0 aliphatic heterocycles. The predicted molar refractivity (Wildman–Crippen MR) is 115 cm³/mol. The molecule has 2 rings (SSSR count). The van der Waals surface area contributed by atoms with Gasteiger partial charge in [-0.25, -0.2) is 0 Å².